The monoisotopic (exact) mass is 256 g/mol. The average Bonchev–Trinajstić information content (AvgIpc) is 2.94. The summed E-state index contributed by atoms with van der Waals surface area (Å²) in [7, 11) is 0. The van der Waals surface area contributed by atoms with Crippen LogP contribution in [0, 0.1) is 5.92 Å². The number of rotatable bonds is 3. The van der Waals surface area contributed by atoms with Gasteiger partial charge in [0.1, 0.15) is 0 Å². The summed E-state index contributed by atoms with van der Waals surface area (Å²) >= 11 is 0. The Morgan fingerprint density at radius 3 is 2.72 bits per heavy atom. The number of aliphatic carboxylic acids is 1. The van der Waals surface area contributed by atoms with Crippen molar-refractivity contribution in [3.8, 4) is 0 Å². The van der Waals surface area contributed by atoms with Crippen molar-refractivity contribution in [2.75, 3.05) is 19.6 Å². The van der Waals surface area contributed by atoms with E-state index in [0.717, 1.165) is 19.5 Å². The first-order valence-corrected chi connectivity index (χ1v) is 6.47. The summed E-state index contributed by atoms with van der Waals surface area (Å²) in [5.74, 6) is -0.355. The summed E-state index contributed by atoms with van der Waals surface area (Å²) in [4.78, 5) is 24.3. The molecule has 0 aromatic heterocycles. The number of carbonyl (C=O) groups is 2. The second-order valence-corrected chi connectivity index (χ2v) is 5.19. The van der Waals surface area contributed by atoms with E-state index < -0.39 is 12.1 Å². The van der Waals surface area contributed by atoms with Crippen molar-refractivity contribution in [3.05, 3.63) is 0 Å². The molecule has 6 nitrogen and oxygen atoms in total. The molecule has 2 rings (SSSR count). The second-order valence-electron chi connectivity index (χ2n) is 5.19. The Hall–Kier alpha value is -1.30. The summed E-state index contributed by atoms with van der Waals surface area (Å²) in [5.41, 5.74) is 0. The molecule has 102 valence electrons. The molecule has 0 aliphatic carbocycles. The van der Waals surface area contributed by atoms with Gasteiger partial charge < -0.3 is 20.1 Å². The highest BCUT2D eigenvalue weighted by Crippen LogP contribution is 2.19. The highest BCUT2D eigenvalue weighted by atomic mass is 16.5. The van der Waals surface area contributed by atoms with E-state index in [-0.39, 0.29) is 12.1 Å². The standard InChI is InChI=1S/C12H20N2O4/c1-8-4-5-14(7-8)12(17)13-6-9-2-3-10(18-9)11(15)16/h8-10H,2-7H2,1H3,(H,13,17)(H,15,16). The smallest absolute Gasteiger partial charge is 0.332 e. The van der Waals surface area contributed by atoms with Gasteiger partial charge in [-0.2, -0.15) is 0 Å². The Balaban J connectivity index is 1.69. The summed E-state index contributed by atoms with van der Waals surface area (Å²) in [6, 6.07) is -0.0678. The molecule has 18 heavy (non-hydrogen) atoms. The van der Waals surface area contributed by atoms with E-state index in [1.165, 1.54) is 0 Å². The largest absolute Gasteiger partial charge is 0.479 e. The molecule has 3 atom stereocenters. The van der Waals surface area contributed by atoms with E-state index in [1.54, 1.807) is 4.90 Å². The minimum Gasteiger partial charge on any atom is -0.479 e. The Morgan fingerprint density at radius 1 is 1.39 bits per heavy atom. The molecule has 2 N–H and O–H groups in total. The summed E-state index contributed by atoms with van der Waals surface area (Å²) < 4.78 is 5.32. The van der Waals surface area contributed by atoms with Gasteiger partial charge in [0.15, 0.2) is 6.10 Å². The SMILES string of the molecule is CC1CCN(C(=O)NCC2CCC(C(=O)O)O2)C1. The van der Waals surface area contributed by atoms with Crippen LogP contribution in [-0.4, -0.2) is 53.8 Å². The molecule has 0 saturated carbocycles. The predicted molar refractivity (Wildman–Crippen MR) is 64.3 cm³/mol. The number of hydrogen-bond donors (Lipinski definition) is 2. The fourth-order valence-corrected chi connectivity index (χ4v) is 2.47. The molecule has 0 bridgehead atoms. The van der Waals surface area contributed by atoms with Gasteiger partial charge >= 0.3 is 12.0 Å². The number of amides is 2. The van der Waals surface area contributed by atoms with Crippen molar-refractivity contribution >= 4 is 12.0 Å². The minimum atomic E-state index is -0.919. The summed E-state index contributed by atoms with van der Waals surface area (Å²) in [6.07, 6.45) is 1.38. The van der Waals surface area contributed by atoms with Crippen molar-refractivity contribution in [3.63, 3.8) is 0 Å². The zero-order valence-corrected chi connectivity index (χ0v) is 10.6. The van der Waals surface area contributed by atoms with E-state index in [9.17, 15) is 9.59 Å². The lowest BCUT2D eigenvalue weighted by molar-refractivity contribution is -0.149. The molecule has 0 aromatic rings. The Morgan fingerprint density at radius 2 is 2.17 bits per heavy atom. The number of carboxylic acids is 1. The number of nitrogens with zero attached hydrogens (tertiary/aromatic N) is 1. The van der Waals surface area contributed by atoms with Gasteiger partial charge in [0, 0.05) is 19.6 Å². The quantitative estimate of drug-likeness (QED) is 0.778. The zero-order chi connectivity index (χ0) is 13.1. The van der Waals surface area contributed by atoms with Gasteiger partial charge in [0.2, 0.25) is 0 Å². The molecule has 2 aliphatic heterocycles. The Kier molecular flexibility index (Phi) is 4.06. The maximum absolute atomic E-state index is 11.8. The van der Waals surface area contributed by atoms with Crippen LogP contribution in [-0.2, 0) is 9.53 Å². The molecule has 2 amide bonds. The molecule has 0 aromatic carbocycles. The lowest BCUT2D eigenvalue weighted by Gasteiger charge is -2.18. The van der Waals surface area contributed by atoms with E-state index in [0.29, 0.717) is 25.3 Å². The maximum atomic E-state index is 11.8. The lowest BCUT2D eigenvalue weighted by Crippen LogP contribution is -2.41. The molecule has 2 aliphatic rings. The van der Waals surface area contributed by atoms with Crippen LogP contribution in [0.4, 0.5) is 4.79 Å². The number of hydrogen-bond acceptors (Lipinski definition) is 3. The van der Waals surface area contributed by atoms with Crippen molar-refractivity contribution < 1.29 is 19.4 Å². The number of likely N-dealkylation sites (tertiary alicyclic amines) is 1. The van der Waals surface area contributed by atoms with Gasteiger partial charge in [-0.25, -0.2) is 9.59 Å². The van der Waals surface area contributed by atoms with E-state index in [4.69, 9.17) is 9.84 Å². The average molecular weight is 256 g/mol. The normalized spacial score (nSPS) is 31.6. The highest BCUT2D eigenvalue weighted by Gasteiger charge is 2.31. The number of carboxylic acid groups (broad SMARTS) is 1. The van der Waals surface area contributed by atoms with Gasteiger partial charge in [-0.05, 0) is 25.2 Å². The van der Waals surface area contributed by atoms with Crippen LogP contribution < -0.4 is 5.32 Å². The van der Waals surface area contributed by atoms with Crippen molar-refractivity contribution in [2.45, 2.75) is 38.4 Å². The van der Waals surface area contributed by atoms with Crippen LogP contribution in [0.25, 0.3) is 0 Å². The van der Waals surface area contributed by atoms with Crippen LogP contribution in [0.1, 0.15) is 26.2 Å². The van der Waals surface area contributed by atoms with E-state index in [1.807, 2.05) is 0 Å². The lowest BCUT2D eigenvalue weighted by atomic mass is 10.2. The first-order chi connectivity index (χ1) is 8.56. The first-order valence-electron chi connectivity index (χ1n) is 6.47. The number of nitrogens with one attached hydrogen (secondary N) is 1. The number of ether oxygens (including phenoxy) is 1. The van der Waals surface area contributed by atoms with Crippen LogP contribution in [0.2, 0.25) is 0 Å². The van der Waals surface area contributed by atoms with E-state index >= 15 is 0 Å². The molecule has 2 heterocycles. The first kappa shape index (κ1) is 13.1. The number of urea groups is 1. The molecule has 2 fully saturated rings. The van der Waals surface area contributed by atoms with Gasteiger partial charge in [-0.3, -0.25) is 0 Å². The Labute approximate surface area is 106 Å². The maximum Gasteiger partial charge on any atom is 0.332 e. The van der Waals surface area contributed by atoms with E-state index in [2.05, 4.69) is 12.2 Å². The summed E-state index contributed by atoms with van der Waals surface area (Å²) in [5, 5.41) is 11.6. The zero-order valence-electron chi connectivity index (χ0n) is 10.6. The second kappa shape index (κ2) is 5.56. The van der Waals surface area contributed by atoms with Crippen molar-refractivity contribution in [1.82, 2.24) is 10.2 Å². The van der Waals surface area contributed by atoms with Crippen molar-refractivity contribution in [1.29, 1.82) is 0 Å². The fraction of sp³-hybridized carbons (Fsp3) is 0.833. The minimum absolute atomic E-state index is 0.0678. The highest BCUT2D eigenvalue weighted by molar-refractivity contribution is 5.74. The molecule has 2 saturated heterocycles. The molecular formula is C12H20N2O4. The van der Waals surface area contributed by atoms with Gasteiger partial charge in [-0.15, -0.1) is 0 Å². The fourth-order valence-electron chi connectivity index (χ4n) is 2.47. The van der Waals surface area contributed by atoms with Crippen molar-refractivity contribution in [2.24, 2.45) is 5.92 Å². The van der Waals surface area contributed by atoms with Crippen LogP contribution >= 0.6 is 0 Å². The third-order valence-electron chi connectivity index (χ3n) is 3.58. The van der Waals surface area contributed by atoms with Gasteiger partial charge in [0.25, 0.3) is 0 Å². The van der Waals surface area contributed by atoms with Gasteiger partial charge in [0.05, 0.1) is 6.10 Å². The molecule has 6 heteroatoms. The third-order valence-corrected chi connectivity index (χ3v) is 3.58. The molecule has 0 radical (unpaired) electrons. The van der Waals surface area contributed by atoms with Crippen LogP contribution in [0.15, 0.2) is 0 Å². The predicted octanol–water partition coefficient (Wildman–Crippen LogP) is 0.670. The topological polar surface area (TPSA) is 78.9 Å². The Bertz CT molecular complexity index is 334. The van der Waals surface area contributed by atoms with Crippen LogP contribution in [0.3, 0.4) is 0 Å². The molecular weight excluding hydrogens is 236 g/mol. The van der Waals surface area contributed by atoms with Gasteiger partial charge in [-0.1, -0.05) is 6.92 Å². The molecule has 3 unspecified atom stereocenters. The third kappa shape index (κ3) is 3.13. The summed E-state index contributed by atoms with van der Waals surface area (Å²) in [6.45, 7) is 4.13. The molecule has 0 spiro atoms. The number of carbonyl (C=O) groups excluding carboxylic acids is 1. The van der Waals surface area contributed by atoms with Crippen LogP contribution in [0.5, 0.6) is 0 Å².